The topological polar surface area (TPSA) is 0 Å². The lowest BCUT2D eigenvalue weighted by Gasteiger charge is -2.04. The SMILES string of the molecule is FC(Cl)(Cl)SCCCl. The summed E-state index contributed by atoms with van der Waals surface area (Å²) in [7, 11) is 0. The summed E-state index contributed by atoms with van der Waals surface area (Å²) in [5.74, 6) is 0.779. The Labute approximate surface area is 66.7 Å². The molecule has 0 aliphatic carbocycles. The number of rotatable bonds is 3. The smallest absolute Gasteiger partial charge is 0.195 e. The molecule has 0 fully saturated rings. The quantitative estimate of drug-likeness (QED) is 0.627. The van der Waals surface area contributed by atoms with E-state index in [1.54, 1.807) is 0 Å². The third-order valence-electron chi connectivity index (χ3n) is 0.343. The Balaban J connectivity index is 3.11. The molecule has 0 aromatic heterocycles. The summed E-state index contributed by atoms with van der Waals surface area (Å²) in [6.07, 6.45) is 0. The van der Waals surface area contributed by atoms with E-state index in [-0.39, 0.29) is 0 Å². The zero-order valence-electron chi connectivity index (χ0n) is 3.83. The molecule has 0 aromatic carbocycles. The molecule has 0 spiro atoms. The minimum Gasteiger partial charge on any atom is -0.195 e. The predicted octanol–water partition coefficient (Wildman–Crippen LogP) is 3.02. The van der Waals surface area contributed by atoms with Crippen LogP contribution >= 0.6 is 46.6 Å². The second-order valence-electron chi connectivity index (χ2n) is 0.983. The maximum absolute atomic E-state index is 12.0. The lowest BCUT2D eigenvalue weighted by molar-refractivity contribution is 0.516. The summed E-state index contributed by atoms with van der Waals surface area (Å²) >= 11 is 15.8. The van der Waals surface area contributed by atoms with E-state index in [2.05, 4.69) is 0 Å². The van der Waals surface area contributed by atoms with Gasteiger partial charge in [-0.25, -0.2) is 0 Å². The number of thioether (sulfide) groups is 1. The van der Waals surface area contributed by atoms with E-state index >= 15 is 0 Å². The normalized spacial score (nSPS) is 12.0. The molecular weight excluding hydrogens is 193 g/mol. The van der Waals surface area contributed by atoms with Crippen molar-refractivity contribution in [1.82, 2.24) is 0 Å². The highest BCUT2D eigenvalue weighted by Crippen LogP contribution is 2.35. The van der Waals surface area contributed by atoms with Crippen LogP contribution in [0.25, 0.3) is 0 Å². The summed E-state index contributed by atoms with van der Waals surface area (Å²) in [4.78, 5) is 0. The largest absolute Gasteiger partial charge is 0.305 e. The van der Waals surface area contributed by atoms with E-state index in [4.69, 9.17) is 34.8 Å². The fourth-order valence-electron chi connectivity index (χ4n) is 0.154. The van der Waals surface area contributed by atoms with Crippen molar-refractivity contribution in [2.24, 2.45) is 0 Å². The molecular formula is C3H4Cl3FS. The highest BCUT2D eigenvalue weighted by atomic mass is 35.5. The van der Waals surface area contributed by atoms with Gasteiger partial charge < -0.3 is 0 Å². The van der Waals surface area contributed by atoms with Gasteiger partial charge in [0.15, 0.2) is 0 Å². The maximum atomic E-state index is 12.0. The summed E-state index contributed by atoms with van der Waals surface area (Å²) in [6.45, 7) is 0. The Morgan fingerprint density at radius 1 is 1.50 bits per heavy atom. The molecule has 0 saturated heterocycles. The van der Waals surface area contributed by atoms with Gasteiger partial charge in [0.1, 0.15) is 0 Å². The average molecular weight is 197 g/mol. The maximum Gasteiger partial charge on any atom is 0.305 e. The summed E-state index contributed by atoms with van der Waals surface area (Å²) < 4.78 is 9.84. The van der Waals surface area contributed by atoms with Crippen molar-refractivity contribution >= 4 is 46.6 Å². The van der Waals surface area contributed by atoms with Gasteiger partial charge >= 0.3 is 3.92 Å². The van der Waals surface area contributed by atoms with Crippen molar-refractivity contribution in [3.8, 4) is 0 Å². The van der Waals surface area contributed by atoms with Crippen LogP contribution in [0.1, 0.15) is 0 Å². The van der Waals surface area contributed by atoms with E-state index in [1.807, 2.05) is 0 Å². The molecule has 0 amide bonds. The molecule has 0 radical (unpaired) electrons. The van der Waals surface area contributed by atoms with Gasteiger partial charge in [-0.1, -0.05) is 35.0 Å². The van der Waals surface area contributed by atoms with Gasteiger partial charge in [0.05, 0.1) is 0 Å². The first-order chi connectivity index (χ1) is 3.56. The van der Waals surface area contributed by atoms with Crippen LogP contribution in [-0.2, 0) is 0 Å². The van der Waals surface area contributed by atoms with E-state index in [0.29, 0.717) is 11.6 Å². The van der Waals surface area contributed by atoms with Crippen LogP contribution in [0.3, 0.4) is 0 Å². The molecule has 0 rings (SSSR count). The Kier molecular flexibility index (Phi) is 4.63. The summed E-state index contributed by atoms with van der Waals surface area (Å²) in [5, 5.41) is 0. The molecule has 5 heteroatoms. The van der Waals surface area contributed by atoms with Gasteiger partial charge in [-0.2, -0.15) is 4.39 Å². The molecule has 0 bridgehead atoms. The number of hydrogen-bond acceptors (Lipinski definition) is 1. The Bertz CT molecular complexity index is 62.0. The minimum absolute atomic E-state index is 0.357. The molecule has 0 unspecified atom stereocenters. The van der Waals surface area contributed by atoms with Crippen LogP contribution in [0.4, 0.5) is 4.39 Å². The van der Waals surface area contributed by atoms with Crippen molar-refractivity contribution in [3.63, 3.8) is 0 Å². The zero-order chi connectivity index (χ0) is 6.62. The molecule has 0 saturated carbocycles. The van der Waals surface area contributed by atoms with E-state index in [9.17, 15) is 4.39 Å². The van der Waals surface area contributed by atoms with Crippen LogP contribution in [0.15, 0.2) is 0 Å². The van der Waals surface area contributed by atoms with E-state index in [0.717, 1.165) is 11.8 Å². The van der Waals surface area contributed by atoms with Gasteiger partial charge in [-0.3, -0.25) is 0 Å². The number of halogens is 4. The minimum atomic E-state index is -2.17. The zero-order valence-corrected chi connectivity index (χ0v) is 6.92. The van der Waals surface area contributed by atoms with Crippen LogP contribution in [0.2, 0.25) is 0 Å². The molecule has 0 heterocycles. The molecule has 0 aromatic rings. The van der Waals surface area contributed by atoms with Crippen LogP contribution in [0.5, 0.6) is 0 Å². The second-order valence-corrected chi connectivity index (χ2v) is 4.30. The fraction of sp³-hybridized carbons (Fsp3) is 1.00. The molecule has 8 heavy (non-hydrogen) atoms. The third-order valence-corrected chi connectivity index (χ3v) is 2.15. The van der Waals surface area contributed by atoms with Gasteiger partial charge in [0.2, 0.25) is 0 Å². The lowest BCUT2D eigenvalue weighted by Crippen LogP contribution is -1.97. The molecule has 50 valence electrons. The molecule has 0 nitrogen and oxygen atoms in total. The van der Waals surface area contributed by atoms with Crippen molar-refractivity contribution in [2.75, 3.05) is 11.6 Å². The Morgan fingerprint density at radius 2 is 2.00 bits per heavy atom. The Morgan fingerprint density at radius 3 is 2.12 bits per heavy atom. The van der Waals surface area contributed by atoms with E-state index < -0.39 is 3.92 Å². The van der Waals surface area contributed by atoms with Crippen LogP contribution in [0, 0.1) is 0 Å². The van der Waals surface area contributed by atoms with Crippen molar-refractivity contribution in [2.45, 2.75) is 3.92 Å². The standard InChI is InChI=1S/C3H4Cl3FS/c4-1-2-8-3(5,6)7/h1-2H2. The number of hydrogen-bond donors (Lipinski definition) is 0. The fourth-order valence-corrected chi connectivity index (χ4v) is 1.16. The molecule has 0 atom stereocenters. The Hall–Kier alpha value is 1.15. The van der Waals surface area contributed by atoms with Crippen LogP contribution < -0.4 is 0 Å². The highest BCUT2D eigenvalue weighted by Gasteiger charge is 2.21. The summed E-state index contributed by atoms with van der Waals surface area (Å²) in [6, 6.07) is 0. The first kappa shape index (κ1) is 9.15. The molecule has 0 N–H and O–H groups in total. The van der Waals surface area contributed by atoms with Crippen molar-refractivity contribution in [3.05, 3.63) is 0 Å². The average Bonchev–Trinajstić information content (AvgIpc) is 1.59. The highest BCUT2D eigenvalue weighted by molar-refractivity contribution is 8.03. The van der Waals surface area contributed by atoms with Gasteiger partial charge in [0.25, 0.3) is 0 Å². The third kappa shape index (κ3) is 7.15. The first-order valence-electron chi connectivity index (χ1n) is 1.83. The van der Waals surface area contributed by atoms with Crippen molar-refractivity contribution < 1.29 is 4.39 Å². The van der Waals surface area contributed by atoms with Gasteiger partial charge in [-0.15, -0.1) is 11.6 Å². The summed E-state index contributed by atoms with van der Waals surface area (Å²) in [5.41, 5.74) is 0. The van der Waals surface area contributed by atoms with Gasteiger partial charge in [0, 0.05) is 11.6 Å². The lowest BCUT2D eigenvalue weighted by atomic mass is 11.0. The van der Waals surface area contributed by atoms with Crippen molar-refractivity contribution in [1.29, 1.82) is 0 Å². The van der Waals surface area contributed by atoms with E-state index in [1.165, 1.54) is 0 Å². The predicted molar refractivity (Wildman–Crippen MR) is 38.7 cm³/mol. The molecule has 0 aliphatic heterocycles. The molecule has 0 aliphatic rings. The number of alkyl halides is 4. The van der Waals surface area contributed by atoms with Crippen LogP contribution in [-0.4, -0.2) is 15.6 Å². The second kappa shape index (κ2) is 4.04. The monoisotopic (exact) mass is 196 g/mol. The first-order valence-corrected chi connectivity index (χ1v) is 4.10. The van der Waals surface area contributed by atoms with Gasteiger partial charge in [-0.05, 0) is 0 Å².